The van der Waals surface area contributed by atoms with Gasteiger partial charge in [0.05, 0.1) is 58.2 Å². The Balaban J connectivity index is 0.000000252. The number of hydrogen-bond donors (Lipinski definition) is 3. The summed E-state index contributed by atoms with van der Waals surface area (Å²) in [6.45, 7) is 3.28. The van der Waals surface area contributed by atoms with Gasteiger partial charge in [-0.3, -0.25) is 14.3 Å². The Morgan fingerprint density at radius 1 is 0.629 bits per heavy atom. The molecule has 2 aromatic heterocycles. The number of nitrogen functional groups attached to an aromatic ring is 1. The number of sulfonamides is 1. The molecule has 16 nitrogen and oxygen atoms in total. The highest BCUT2D eigenvalue weighted by molar-refractivity contribution is 7.93. The number of imidazole rings is 2. The third kappa shape index (κ3) is 11.3. The Hall–Kier alpha value is -5.96. The van der Waals surface area contributed by atoms with Crippen molar-refractivity contribution >= 4 is 135 Å². The molecule has 6 aromatic carbocycles. The number of benzene rings is 6. The normalized spacial score (nSPS) is 11.5. The van der Waals surface area contributed by atoms with E-state index in [0.717, 1.165) is 20.9 Å². The van der Waals surface area contributed by atoms with Gasteiger partial charge in [0.1, 0.15) is 55.3 Å². The number of nitrogens with two attached hydrogens (primary N) is 1. The molecule has 0 fully saturated rings. The predicted molar refractivity (Wildman–Crippen MR) is 271 cm³/mol. The Bertz CT molecular complexity index is 3610. The molecule has 70 heavy (non-hydrogen) atoms. The third-order valence-electron chi connectivity index (χ3n) is 10.1. The Morgan fingerprint density at radius 3 is 1.67 bits per heavy atom. The lowest BCUT2D eigenvalue weighted by Crippen LogP contribution is -2.16. The summed E-state index contributed by atoms with van der Waals surface area (Å²) < 4.78 is 79.6. The van der Waals surface area contributed by atoms with Crippen LogP contribution in [0.5, 0.6) is 23.0 Å². The molecule has 0 aliphatic rings. The fourth-order valence-electron chi connectivity index (χ4n) is 6.85. The third-order valence-corrected chi connectivity index (χ3v) is 15.3. The molecule has 0 bridgehead atoms. The molecule has 364 valence electrons. The highest BCUT2D eigenvalue weighted by atomic mass is 35.5. The van der Waals surface area contributed by atoms with Crippen LogP contribution in [0.4, 0.5) is 11.4 Å². The second-order valence-corrected chi connectivity index (χ2v) is 20.8. The summed E-state index contributed by atoms with van der Waals surface area (Å²) in [5.41, 5.74) is 9.03. The van der Waals surface area contributed by atoms with E-state index < -0.39 is 26.0 Å². The van der Waals surface area contributed by atoms with Crippen LogP contribution in [0.25, 0.3) is 22.1 Å². The second kappa shape index (κ2) is 21.2. The first-order valence-electron chi connectivity index (χ1n) is 20.1. The summed E-state index contributed by atoms with van der Waals surface area (Å²) in [6, 6.07) is 23.7. The van der Waals surface area contributed by atoms with Gasteiger partial charge in [0.25, 0.3) is 20.0 Å². The maximum absolute atomic E-state index is 13.9. The lowest BCUT2D eigenvalue weighted by molar-refractivity contribution is -0.140. The zero-order valence-corrected chi connectivity index (χ0v) is 42.9. The molecule has 0 atom stereocenters. The molecular weight excluding hydrogens is 1070 g/mol. The van der Waals surface area contributed by atoms with Crippen molar-refractivity contribution < 1.29 is 45.4 Å². The number of methoxy groups -OCH3 is 2. The van der Waals surface area contributed by atoms with Crippen LogP contribution in [0, 0.1) is 13.8 Å². The van der Waals surface area contributed by atoms with Gasteiger partial charge in [-0.05, 0) is 110 Å². The molecule has 8 aromatic rings. The number of aryl methyl sites for hydroxylation is 2. The van der Waals surface area contributed by atoms with E-state index in [4.69, 9.17) is 84.8 Å². The molecule has 0 unspecified atom stereocenters. The Labute approximate surface area is 430 Å². The maximum atomic E-state index is 13.9. The smallest absolute Gasteiger partial charge is 0.309 e. The molecule has 0 saturated heterocycles. The molecule has 0 aliphatic heterocycles. The number of hydrogen-bond acceptors (Lipinski definition) is 13. The zero-order chi connectivity index (χ0) is 50.8. The number of halogens is 6. The molecule has 0 spiro atoms. The SMILES string of the molecule is COC(=O)Cc1ccc(Oc2ccc3[nH]c(C)nc3c2N)c(Cl)c1.COC(=O)Cc1ccc(Oc2ccc3c(nc(C)n3S(=O)(=O)c3ccc(Cl)cc3Cl)c2NS(=O)(=O)c2ccc(Cl)cc2Cl)c(Cl)c1. The molecule has 8 rings (SSSR count). The van der Waals surface area contributed by atoms with Crippen molar-refractivity contribution in [2.45, 2.75) is 36.5 Å². The van der Waals surface area contributed by atoms with Crippen LogP contribution in [0.1, 0.15) is 22.8 Å². The van der Waals surface area contributed by atoms with Crippen molar-refractivity contribution in [3.63, 3.8) is 0 Å². The van der Waals surface area contributed by atoms with Gasteiger partial charge in [0.2, 0.25) is 0 Å². The summed E-state index contributed by atoms with van der Waals surface area (Å²) in [6.07, 6.45) is 0.106. The average Bonchev–Trinajstić information content (AvgIpc) is 3.86. The van der Waals surface area contributed by atoms with Crippen molar-refractivity contribution in [3.05, 3.63) is 150 Å². The summed E-state index contributed by atoms with van der Waals surface area (Å²) >= 11 is 37.1. The first-order chi connectivity index (χ1) is 33.1. The Morgan fingerprint density at radius 2 is 1.14 bits per heavy atom. The highest BCUT2D eigenvalue weighted by Gasteiger charge is 2.30. The van der Waals surface area contributed by atoms with E-state index in [-0.39, 0.29) is 87.8 Å². The van der Waals surface area contributed by atoms with Gasteiger partial charge >= 0.3 is 11.9 Å². The number of anilines is 2. The van der Waals surface area contributed by atoms with E-state index in [9.17, 15) is 26.4 Å². The summed E-state index contributed by atoms with van der Waals surface area (Å²) in [5.74, 6) is 0.871. The first kappa shape index (κ1) is 51.9. The van der Waals surface area contributed by atoms with Crippen molar-refractivity contribution in [2.75, 3.05) is 24.7 Å². The number of ether oxygens (including phenoxy) is 4. The largest absolute Gasteiger partial charge is 0.469 e. The lowest BCUT2D eigenvalue weighted by Gasteiger charge is -2.16. The van der Waals surface area contributed by atoms with Gasteiger partial charge in [0, 0.05) is 10.0 Å². The highest BCUT2D eigenvalue weighted by Crippen LogP contribution is 2.42. The molecule has 24 heteroatoms. The average molecular weight is 1110 g/mol. The van der Waals surface area contributed by atoms with Gasteiger partial charge in [-0.15, -0.1) is 0 Å². The summed E-state index contributed by atoms with van der Waals surface area (Å²) in [5, 5.41) is 0.623. The number of aromatic amines is 1. The van der Waals surface area contributed by atoms with E-state index in [1.807, 2.05) is 13.0 Å². The number of carbonyl (C=O) groups is 2. The molecule has 0 saturated carbocycles. The van der Waals surface area contributed by atoms with Crippen LogP contribution in [-0.4, -0.2) is 61.9 Å². The molecule has 4 N–H and O–H groups in total. The summed E-state index contributed by atoms with van der Waals surface area (Å²) in [7, 11) is -6.21. The number of aromatic nitrogens is 4. The monoisotopic (exact) mass is 1110 g/mol. The van der Waals surface area contributed by atoms with E-state index in [0.29, 0.717) is 33.3 Å². The van der Waals surface area contributed by atoms with Crippen molar-refractivity contribution in [3.8, 4) is 23.0 Å². The zero-order valence-electron chi connectivity index (χ0n) is 36.7. The number of nitrogens with zero attached hydrogens (tertiary/aromatic N) is 3. The minimum atomic E-state index is -4.44. The fourth-order valence-corrected chi connectivity index (χ4v) is 11.4. The van der Waals surface area contributed by atoms with E-state index >= 15 is 0 Å². The van der Waals surface area contributed by atoms with Crippen LogP contribution in [-0.2, 0) is 52.0 Å². The summed E-state index contributed by atoms with van der Waals surface area (Å²) in [4.78, 5) is 34.3. The van der Waals surface area contributed by atoms with E-state index in [1.165, 1.54) is 81.8 Å². The van der Waals surface area contributed by atoms with Gasteiger partial charge < -0.3 is 29.7 Å². The minimum absolute atomic E-state index is 0.00436. The van der Waals surface area contributed by atoms with Crippen LogP contribution >= 0.6 is 69.6 Å². The standard InChI is InChI=1S/C29H20Cl5N3O7S2.C17H16ClN3O3/c1-15-35-28-22(37(15)46(41,42)26-10-5-18(31)14-21(26)34)6-8-24(44-23-7-3-16(11-19(23)32)12-27(38)43-2)29(28)36-45(39,40)25-9-4-17(30)13-20(25)33;1-9-20-12-4-6-14(16(19)17(12)21-9)24-13-5-3-10(7-11(13)18)8-15(22)23-2/h3-11,13-14,36H,12H2,1-2H3;3-7H,8,19H2,1-2H3,(H,20,21). The lowest BCUT2D eigenvalue weighted by atomic mass is 10.1. The number of fused-ring (bicyclic) bond motifs is 2. The molecule has 2 heterocycles. The molecule has 0 amide bonds. The topological polar surface area (TPSA) is 224 Å². The number of esters is 2. The van der Waals surface area contributed by atoms with Crippen LogP contribution in [0.3, 0.4) is 0 Å². The number of carbonyl (C=O) groups excluding carboxylic acids is 2. The molecule has 0 aliphatic carbocycles. The predicted octanol–water partition coefficient (Wildman–Crippen LogP) is 11.8. The number of rotatable bonds is 13. The first-order valence-corrected chi connectivity index (χ1v) is 25.3. The fraction of sp³-hybridized carbons (Fsp3) is 0.130. The number of nitrogens with one attached hydrogen (secondary N) is 2. The molecular formula is C46H36Cl6N6O10S2. The quantitative estimate of drug-likeness (QED) is 0.0723. The van der Waals surface area contributed by atoms with Gasteiger partial charge in [0.15, 0.2) is 11.5 Å². The number of H-pyrrole nitrogens is 1. The Kier molecular flexibility index (Phi) is 15.7. The van der Waals surface area contributed by atoms with Gasteiger partial charge in [-0.1, -0.05) is 81.7 Å². The van der Waals surface area contributed by atoms with E-state index in [2.05, 4.69) is 29.1 Å². The van der Waals surface area contributed by atoms with Crippen molar-refractivity contribution in [1.82, 2.24) is 18.9 Å². The van der Waals surface area contributed by atoms with Crippen LogP contribution in [0.2, 0.25) is 30.1 Å². The van der Waals surface area contributed by atoms with Gasteiger partial charge in [-0.2, -0.15) is 0 Å². The van der Waals surface area contributed by atoms with Crippen molar-refractivity contribution in [2.24, 2.45) is 0 Å². The second-order valence-electron chi connectivity index (χ2n) is 14.9. The van der Waals surface area contributed by atoms with E-state index in [1.54, 1.807) is 30.3 Å². The maximum Gasteiger partial charge on any atom is 0.309 e. The van der Waals surface area contributed by atoms with Crippen molar-refractivity contribution in [1.29, 1.82) is 0 Å². The van der Waals surface area contributed by atoms with Crippen LogP contribution in [0.15, 0.2) is 107 Å². The minimum Gasteiger partial charge on any atom is -0.469 e. The van der Waals surface area contributed by atoms with Gasteiger partial charge in [-0.25, -0.2) is 30.8 Å². The molecule has 0 radical (unpaired) electrons. The van der Waals surface area contributed by atoms with Crippen LogP contribution < -0.4 is 19.9 Å².